The summed E-state index contributed by atoms with van der Waals surface area (Å²) < 4.78 is 40.8. The zero-order valence-electron chi connectivity index (χ0n) is 14.9. The van der Waals surface area contributed by atoms with Gasteiger partial charge in [0.05, 0.1) is 11.0 Å². The minimum Gasteiger partial charge on any atom is -0.350 e. The Labute approximate surface area is 158 Å². The van der Waals surface area contributed by atoms with Crippen LogP contribution in [-0.4, -0.2) is 27.9 Å². The molecule has 9 heteroatoms. The quantitative estimate of drug-likeness (QED) is 0.701. The molecule has 0 fully saturated rings. The van der Waals surface area contributed by atoms with Crippen molar-refractivity contribution in [2.45, 2.75) is 19.6 Å². The number of benzene rings is 2. The normalized spacial score (nSPS) is 11.4. The molecule has 28 heavy (non-hydrogen) atoms. The lowest BCUT2D eigenvalue weighted by molar-refractivity contribution is -0.146. The van der Waals surface area contributed by atoms with Gasteiger partial charge in [0.15, 0.2) is 0 Å². The Bertz CT molecular complexity index is 1010. The molecule has 6 nitrogen and oxygen atoms in total. The van der Waals surface area contributed by atoms with E-state index in [0.717, 1.165) is 4.57 Å². The molecule has 0 unspecified atom stereocenters. The van der Waals surface area contributed by atoms with Gasteiger partial charge in [-0.2, -0.15) is 13.2 Å². The summed E-state index contributed by atoms with van der Waals surface area (Å²) in [6.45, 7) is 1.29. The van der Waals surface area contributed by atoms with Gasteiger partial charge in [-0.05, 0) is 36.4 Å². The number of halogens is 3. The second kappa shape index (κ2) is 7.71. The predicted molar refractivity (Wildman–Crippen MR) is 97.8 cm³/mol. The third-order valence-electron chi connectivity index (χ3n) is 4.00. The zero-order valence-corrected chi connectivity index (χ0v) is 14.9. The molecule has 0 aliphatic carbocycles. The number of anilines is 1. The second-order valence-corrected chi connectivity index (χ2v) is 6.09. The van der Waals surface area contributed by atoms with Gasteiger partial charge in [-0.15, -0.1) is 0 Å². The highest BCUT2D eigenvalue weighted by molar-refractivity contribution is 5.95. The molecule has 0 spiro atoms. The molecule has 2 aromatic carbocycles. The molecule has 3 rings (SSSR count). The molecule has 0 aliphatic heterocycles. The van der Waals surface area contributed by atoms with E-state index in [1.165, 1.54) is 25.1 Å². The highest BCUT2D eigenvalue weighted by Gasteiger charge is 2.37. The number of nitrogens with zero attached hydrogens (tertiary/aromatic N) is 2. The van der Waals surface area contributed by atoms with Crippen LogP contribution in [-0.2, 0) is 17.5 Å². The number of hydrogen-bond acceptors (Lipinski definition) is 3. The number of amides is 2. The van der Waals surface area contributed by atoms with Gasteiger partial charge < -0.3 is 15.2 Å². The number of carbonyl (C=O) groups is 2. The van der Waals surface area contributed by atoms with Crippen molar-refractivity contribution < 1.29 is 22.8 Å². The highest BCUT2D eigenvalue weighted by atomic mass is 19.4. The van der Waals surface area contributed by atoms with Gasteiger partial charge in [0, 0.05) is 31.3 Å². The van der Waals surface area contributed by atoms with Gasteiger partial charge in [0.1, 0.15) is 0 Å². The van der Waals surface area contributed by atoms with Crippen molar-refractivity contribution in [1.29, 1.82) is 0 Å². The summed E-state index contributed by atoms with van der Waals surface area (Å²) in [6.07, 6.45) is -4.59. The smallest absolute Gasteiger partial charge is 0.350 e. The van der Waals surface area contributed by atoms with Crippen molar-refractivity contribution in [2.75, 3.05) is 11.9 Å². The molecule has 0 radical (unpaired) electrons. The van der Waals surface area contributed by atoms with Crippen LogP contribution >= 0.6 is 0 Å². The summed E-state index contributed by atoms with van der Waals surface area (Å²) >= 11 is 0. The Balaban J connectivity index is 1.69. The number of rotatable bonds is 5. The summed E-state index contributed by atoms with van der Waals surface area (Å²) in [5.74, 6) is -1.65. The Hall–Kier alpha value is -3.36. The molecule has 1 aromatic heterocycles. The second-order valence-electron chi connectivity index (χ2n) is 6.09. The van der Waals surface area contributed by atoms with E-state index in [-0.39, 0.29) is 24.5 Å². The lowest BCUT2D eigenvalue weighted by Crippen LogP contribution is -2.28. The zero-order chi connectivity index (χ0) is 20.3. The van der Waals surface area contributed by atoms with E-state index in [1.807, 2.05) is 0 Å². The Morgan fingerprint density at radius 2 is 1.75 bits per heavy atom. The Morgan fingerprint density at radius 3 is 2.39 bits per heavy atom. The van der Waals surface area contributed by atoms with E-state index in [2.05, 4.69) is 15.6 Å². The molecule has 2 amide bonds. The first-order valence-electron chi connectivity index (χ1n) is 8.44. The van der Waals surface area contributed by atoms with Crippen LogP contribution in [0.2, 0.25) is 0 Å². The lowest BCUT2D eigenvalue weighted by Gasteiger charge is -2.12. The monoisotopic (exact) mass is 390 g/mol. The number of alkyl halides is 3. The first-order valence-corrected chi connectivity index (χ1v) is 8.44. The maximum absolute atomic E-state index is 13.3. The van der Waals surface area contributed by atoms with E-state index in [4.69, 9.17) is 0 Å². The Morgan fingerprint density at radius 1 is 1.07 bits per heavy atom. The number of nitrogens with one attached hydrogen (secondary N) is 2. The van der Waals surface area contributed by atoms with Crippen molar-refractivity contribution in [3.63, 3.8) is 0 Å². The lowest BCUT2D eigenvalue weighted by atomic mass is 10.2. The van der Waals surface area contributed by atoms with E-state index in [9.17, 15) is 22.8 Å². The van der Waals surface area contributed by atoms with Gasteiger partial charge in [0.25, 0.3) is 5.91 Å². The minimum absolute atomic E-state index is 0.00425. The van der Waals surface area contributed by atoms with E-state index in [1.54, 1.807) is 30.3 Å². The summed E-state index contributed by atoms with van der Waals surface area (Å²) in [5, 5.41) is 5.18. The van der Waals surface area contributed by atoms with Crippen LogP contribution < -0.4 is 10.6 Å². The molecule has 2 N–H and O–H groups in total. The van der Waals surface area contributed by atoms with Crippen LogP contribution in [0.25, 0.3) is 11.0 Å². The van der Waals surface area contributed by atoms with E-state index >= 15 is 0 Å². The molecule has 3 aromatic rings. The first-order chi connectivity index (χ1) is 13.3. The summed E-state index contributed by atoms with van der Waals surface area (Å²) in [5.41, 5.74) is 1.47. The molecular formula is C19H17F3N4O2. The number of para-hydroxylation sites is 2. The minimum atomic E-state index is -4.59. The fourth-order valence-corrected chi connectivity index (χ4v) is 2.81. The maximum atomic E-state index is 13.3. The third-order valence-corrected chi connectivity index (χ3v) is 4.00. The fraction of sp³-hybridized carbons (Fsp3) is 0.211. The molecule has 1 heterocycles. The van der Waals surface area contributed by atoms with Crippen molar-refractivity contribution in [3.8, 4) is 0 Å². The number of aromatic nitrogens is 2. The molecule has 0 aliphatic rings. The first kappa shape index (κ1) is 19.4. The van der Waals surface area contributed by atoms with E-state index in [0.29, 0.717) is 16.8 Å². The maximum Gasteiger partial charge on any atom is 0.449 e. The van der Waals surface area contributed by atoms with Gasteiger partial charge >= 0.3 is 6.18 Å². The van der Waals surface area contributed by atoms with Gasteiger partial charge in [-0.25, -0.2) is 4.98 Å². The largest absolute Gasteiger partial charge is 0.449 e. The standard InChI is InChI=1S/C19H17F3N4O2/c1-12(27)24-14-8-6-13(7-9-14)17(28)23-10-11-26-16-5-3-2-4-15(16)25-18(26)19(20,21)22/h2-9H,10-11H2,1H3,(H,23,28)(H,24,27). The van der Waals surface area contributed by atoms with Gasteiger partial charge in [0.2, 0.25) is 11.7 Å². The van der Waals surface area contributed by atoms with Crippen LogP contribution in [0.3, 0.4) is 0 Å². The molecule has 0 bridgehead atoms. The number of carbonyl (C=O) groups excluding carboxylic acids is 2. The molecule has 0 saturated heterocycles. The Kier molecular flexibility index (Phi) is 5.34. The molecular weight excluding hydrogens is 373 g/mol. The van der Waals surface area contributed by atoms with Crippen molar-refractivity contribution in [2.24, 2.45) is 0 Å². The van der Waals surface area contributed by atoms with E-state index < -0.39 is 17.9 Å². The predicted octanol–water partition coefficient (Wildman–Crippen LogP) is 3.44. The number of hydrogen-bond donors (Lipinski definition) is 2. The summed E-state index contributed by atoms with van der Waals surface area (Å²) in [4.78, 5) is 26.9. The van der Waals surface area contributed by atoms with Gasteiger partial charge in [-0.1, -0.05) is 12.1 Å². The average Bonchev–Trinajstić information content (AvgIpc) is 3.01. The number of imidazole rings is 1. The molecule has 0 saturated carbocycles. The highest BCUT2D eigenvalue weighted by Crippen LogP contribution is 2.31. The molecule has 0 atom stereocenters. The molecule has 146 valence electrons. The number of fused-ring (bicyclic) bond motifs is 1. The topological polar surface area (TPSA) is 76.0 Å². The van der Waals surface area contributed by atoms with Crippen molar-refractivity contribution in [3.05, 3.63) is 59.9 Å². The third kappa shape index (κ3) is 4.30. The summed E-state index contributed by atoms with van der Waals surface area (Å²) in [6, 6.07) is 12.5. The van der Waals surface area contributed by atoms with Crippen LogP contribution in [0.1, 0.15) is 23.1 Å². The van der Waals surface area contributed by atoms with Crippen molar-refractivity contribution in [1.82, 2.24) is 14.9 Å². The van der Waals surface area contributed by atoms with Crippen LogP contribution in [0.15, 0.2) is 48.5 Å². The van der Waals surface area contributed by atoms with Gasteiger partial charge in [-0.3, -0.25) is 9.59 Å². The fourth-order valence-electron chi connectivity index (χ4n) is 2.81. The van der Waals surface area contributed by atoms with Crippen LogP contribution in [0, 0.1) is 0 Å². The van der Waals surface area contributed by atoms with Crippen molar-refractivity contribution >= 4 is 28.5 Å². The van der Waals surface area contributed by atoms with Crippen LogP contribution in [0.5, 0.6) is 0 Å². The van der Waals surface area contributed by atoms with Crippen LogP contribution in [0.4, 0.5) is 18.9 Å². The average molecular weight is 390 g/mol. The SMILES string of the molecule is CC(=O)Nc1ccc(C(=O)NCCn2c(C(F)(F)F)nc3ccccc32)cc1. The summed E-state index contributed by atoms with van der Waals surface area (Å²) in [7, 11) is 0.